The summed E-state index contributed by atoms with van der Waals surface area (Å²) in [7, 11) is 0. The average molecular weight is 213 g/mol. The van der Waals surface area contributed by atoms with Gasteiger partial charge in [-0.25, -0.2) is 4.39 Å². The lowest BCUT2D eigenvalue weighted by atomic mass is 10.2. The Morgan fingerprint density at radius 3 is 2.93 bits per heavy atom. The topological polar surface area (TPSA) is 30.9 Å². The van der Waals surface area contributed by atoms with Gasteiger partial charge >= 0.3 is 0 Å². The van der Waals surface area contributed by atoms with E-state index in [9.17, 15) is 4.39 Å². The first-order valence-electron chi connectivity index (χ1n) is 4.37. The Balaban J connectivity index is 2.73. The smallest absolute Gasteiger partial charge is 0.147 e. The summed E-state index contributed by atoms with van der Waals surface area (Å²) in [5, 5.41) is 1.33. The number of hydrogen-bond acceptors (Lipinski definition) is 1. The molecule has 0 aliphatic heterocycles. The van der Waals surface area contributed by atoms with Crippen molar-refractivity contribution in [3.8, 4) is 0 Å². The Hall–Kier alpha value is -1.06. The van der Waals surface area contributed by atoms with Gasteiger partial charge < -0.3 is 10.3 Å². The predicted molar refractivity (Wildman–Crippen MR) is 56.0 cm³/mol. The van der Waals surface area contributed by atoms with Gasteiger partial charge in [-0.05, 0) is 12.1 Å². The Labute approximate surface area is 86.1 Å². The van der Waals surface area contributed by atoms with E-state index in [1.165, 1.54) is 6.07 Å². The number of para-hydroxylation sites is 1. The molecule has 0 spiro atoms. The molecule has 0 radical (unpaired) electrons. The predicted octanol–water partition coefficient (Wildman–Crippen LogP) is 2.39. The molecule has 2 N–H and O–H groups in total. The van der Waals surface area contributed by atoms with Gasteiger partial charge in [0, 0.05) is 18.5 Å². The molecule has 2 aromatic rings. The van der Waals surface area contributed by atoms with Crippen LogP contribution in [-0.4, -0.2) is 11.1 Å². The van der Waals surface area contributed by atoms with Crippen LogP contribution in [0.25, 0.3) is 10.9 Å². The zero-order valence-electron chi connectivity index (χ0n) is 7.50. The van der Waals surface area contributed by atoms with Crippen molar-refractivity contribution in [1.82, 2.24) is 4.57 Å². The van der Waals surface area contributed by atoms with E-state index in [0.717, 1.165) is 5.39 Å². The highest BCUT2D eigenvalue weighted by molar-refractivity contribution is 6.30. The average Bonchev–Trinajstić information content (AvgIpc) is 2.45. The second-order valence-electron chi connectivity index (χ2n) is 3.09. The minimum absolute atomic E-state index is 0.261. The summed E-state index contributed by atoms with van der Waals surface area (Å²) in [6, 6.07) is 6.67. The molecule has 0 bridgehead atoms. The number of rotatable bonds is 2. The summed E-state index contributed by atoms with van der Waals surface area (Å²) >= 11 is 5.96. The maximum absolute atomic E-state index is 13.5. The third-order valence-electron chi connectivity index (χ3n) is 2.17. The standard InChI is InChI=1S/C10H10ClFN2/c11-9-6-7-2-1-3-8(12)10(7)14(9)5-4-13/h1-3,6H,4-5,13H2. The Morgan fingerprint density at radius 2 is 2.21 bits per heavy atom. The summed E-state index contributed by atoms with van der Waals surface area (Å²) < 4.78 is 15.1. The lowest BCUT2D eigenvalue weighted by Crippen LogP contribution is -2.10. The number of nitrogens with two attached hydrogens (primary N) is 1. The number of hydrogen-bond donors (Lipinski definition) is 1. The maximum Gasteiger partial charge on any atom is 0.147 e. The number of halogens is 2. The zero-order valence-corrected chi connectivity index (χ0v) is 8.26. The van der Waals surface area contributed by atoms with Crippen molar-refractivity contribution >= 4 is 22.5 Å². The van der Waals surface area contributed by atoms with Crippen LogP contribution in [0.3, 0.4) is 0 Å². The molecular weight excluding hydrogens is 203 g/mol. The van der Waals surface area contributed by atoms with Gasteiger partial charge in [0.2, 0.25) is 0 Å². The zero-order chi connectivity index (χ0) is 10.1. The van der Waals surface area contributed by atoms with Crippen LogP contribution in [-0.2, 0) is 6.54 Å². The summed E-state index contributed by atoms with van der Waals surface area (Å²) in [6.45, 7) is 0.973. The molecule has 2 rings (SSSR count). The molecule has 0 unspecified atom stereocenters. The molecule has 0 aliphatic carbocycles. The van der Waals surface area contributed by atoms with Crippen molar-refractivity contribution in [3.63, 3.8) is 0 Å². The van der Waals surface area contributed by atoms with E-state index in [4.69, 9.17) is 17.3 Å². The van der Waals surface area contributed by atoms with Crippen molar-refractivity contribution in [2.45, 2.75) is 6.54 Å². The quantitative estimate of drug-likeness (QED) is 0.814. The van der Waals surface area contributed by atoms with Crippen molar-refractivity contribution < 1.29 is 4.39 Å². The van der Waals surface area contributed by atoms with Gasteiger partial charge in [0.25, 0.3) is 0 Å². The van der Waals surface area contributed by atoms with Crippen LogP contribution in [0, 0.1) is 5.82 Å². The van der Waals surface area contributed by atoms with Crippen LogP contribution in [0.4, 0.5) is 4.39 Å². The van der Waals surface area contributed by atoms with Crippen LogP contribution in [0.5, 0.6) is 0 Å². The number of fused-ring (bicyclic) bond motifs is 1. The largest absolute Gasteiger partial charge is 0.329 e. The third-order valence-corrected chi connectivity index (χ3v) is 2.49. The van der Waals surface area contributed by atoms with E-state index >= 15 is 0 Å². The van der Waals surface area contributed by atoms with Crippen molar-refractivity contribution in [2.24, 2.45) is 5.73 Å². The highest BCUT2D eigenvalue weighted by atomic mass is 35.5. The molecular formula is C10H10ClFN2. The fourth-order valence-electron chi connectivity index (χ4n) is 1.59. The molecule has 0 amide bonds. The minimum atomic E-state index is -0.261. The molecule has 4 heteroatoms. The van der Waals surface area contributed by atoms with Crippen molar-refractivity contribution in [1.29, 1.82) is 0 Å². The Bertz CT molecular complexity index is 464. The number of benzene rings is 1. The van der Waals surface area contributed by atoms with Gasteiger partial charge in [-0.15, -0.1) is 0 Å². The molecule has 0 fully saturated rings. The first-order chi connectivity index (χ1) is 6.74. The van der Waals surface area contributed by atoms with Crippen LogP contribution in [0.2, 0.25) is 5.15 Å². The molecule has 14 heavy (non-hydrogen) atoms. The lowest BCUT2D eigenvalue weighted by Gasteiger charge is -2.04. The molecule has 1 heterocycles. The lowest BCUT2D eigenvalue weighted by molar-refractivity contribution is 0.623. The molecule has 0 atom stereocenters. The molecule has 1 aromatic heterocycles. The van der Waals surface area contributed by atoms with Crippen molar-refractivity contribution in [3.05, 3.63) is 35.2 Å². The third kappa shape index (κ3) is 1.38. The molecule has 0 aliphatic rings. The minimum Gasteiger partial charge on any atom is -0.329 e. The van der Waals surface area contributed by atoms with Crippen LogP contribution >= 0.6 is 11.6 Å². The first-order valence-corrected chi connectivity index (χ1v) is 4.75. The highest BCUT2D eigenvalue weighted by Gasteiger charge is 2.09. The van der Waals surface area contributed by atoms with Crippen LogP contribution < -0.4 is 5.73 Å². The molecule has 74 valence electrons. The fraction of sp³-hybridized carbons (Fsp3) is 0.200. The van der Waals surface area contributed by atoms with Gasteiger partial charge in [0.05, 0.1) is 5.52 Å². The van der Waals surface area contributed by atoms with Gasteiger partial charge in [0.15, 0.2) is 0 Å². The second-order valence-corrected chi connectivity index (χ2v) is 3.47. The second kappa shape index (κ2) is 3.59. The fourth-order valence-corrected chi connectivity index (χ4v) is 1.88. The van der Waals surface area contributed by atoms with E-state index in [-0.39, 0.29) is 5.82 Å². The van der Waals surface area contributed by atoms with E-state index in [0.29, 0.717) is 23.8 Å². The van der Waals surface area contributed by atoms with Gasteiger partial charge in [0.1, 0.15) is 11.0 Å². The first kappa shape index (κ1) is 9.49. The molecule has 2 nitrogen and oxygen atoms in total. The van der Waals surface area contributed by atoms with E-state index in [2.05, 4.69) is 0 Å². The summed E-state index contributed by atoms with van der Waals surface area (Å²) in [4.78, 5) is 0. The summed E-state index contributed by atoms with van der Waals surface area (Å²) in [6.07, 6.45) is 0. The monoisotopic (exact) mass is 212 g/mol. The summed E-state index contributed by atoms with van der Waals surface area (Å²) in [5.41, 5.74) is 5.96. The molecule has 0 saturated carbocycles. The van der Waals surface area contributed by atoms with Crippen LogP contribution in [0.15, 0.2) is 24.3 Å². The van der Waals surface area contributed by atoms with Gasteiger partial charge in [-0.1, -0.05) is 23.7 Å². The SMILES string of the molecule is NCCn1c(Cl)cc2cccc(F)c21. The van der Waals surface area contributed by atoms with Gasteiger partial charge in [-0.2, -0.15) is 0 Å². The Morgan fingerprint density at radius 1 is 1.43 bits per heavy atom. The maximum atomic E-state index is 13.5. The van der Waals surface area contributed by atoms with Gasteiger partial charge in [-0.3, -0.25) is 0 Å². The van der Waals surface area contributed by atoms with E-state index in [1.54, 1.807) is 16.7 Å². The summed E-state index contributed by atoms with van der Waals surface area (Å²) in [5.74, 6) is -0.261. The Kier molecular flexibility index (Phi) is 2.44. The van der Waals surface area contributed by atoms with E-state index < -0.39 is 0 Å². The highest BCUT2D eigenvalue weighted by Crippen LogP contribution is 2.25. The molecule has 1 aromatic carbocycles. The van der Waals surface area contributed by atoms with E-state index in [1.807, 2.05) is 6.07 Å². The number of nitrogens with zero attached hydrogens (tertiary/aromatic N) is 1. The van der Waals surface area contributed by atoms with Crippen molar-refractivity contribution in [2.75, 3.05) is 6.54 Å². The van der Waals surface area contributed by atoms with Crippen LogP contribution in [0.1, 0.15) is 0 Å². The normalized spacial score (nSPS) is 11.1. The molecule has 0 saturated heterocycles. The number of aromatic nitrogens is 1.